The van der Waals surface area contributed by atoms with E-state index in [0.717, 1.165) is 28.4 Å². The van der Waals surface area contributed by atoms with Crippen LogP contribution in [0.25, 0.3) is 33.1 Å². The Labute approximate surface area is 154 Å². The number of nitriles is 1. The number of hydrogen-bond acceptors (Lipinski definition) is 4. The second-order valence-electron chi connectivity index (χ2n) is 5.90. The van der Waals surface area contributed by atoms with Crippen molar-refractivity contribution >= 4 is 33.6 Å². The van der Waals surface area contributed by atoms with Crippen molar-refractivity contribution in [3.63, 3.8) is 0 Å². The van der Waals surface area contributed by atoms with Crippen LogP contribution < -0.4 is 5.56 Å². The number of aromatic amines is 1. The van der Waals surface area contributed by atoms with E-state index in [4.69, 9.17) is 0 Å². The highest BCUT2D eigenvalue weighted by Gasteiger charge is 2.16. The van der Waals surface area contributed by atoms with E-state index in [2.05, 4.69) is 33.6 Å². The maximum atomic E-state index is 12.2. The lowest BCUT2D eigenvalue weighted by molar-refractivity contribution is 0.827. The molecule has 0 bridgehead atoms. The third-order valence-corrected chi connectivity index (χ3v) is 5.14. The van der Waals surface area contributed by atoms with Crippen LogP contribution in [0.2, 0.25) is 0 Å². The molecule has 0 amide bonds. The lowest BCUT2D eigenvalue weighted by Crippen LogP contribution is -2.14. The summed E-state index contributed by atoms with van der Waals surface area (Å²) < 4.78 is 2.26. The minimum atomic E-state index is -0.405. The summed E-state index contributed by atoms with van der Waals surface area (Å²) in [5.74, 6) is 0. The van der Waals surface area contributed by atoms with Crippen molar-refractivity contribution in [2.24, 2.45) is 0 Å². The number of rotatable bonds is 3. The Balaban J connectivity index is 2.06. The molecule has 2 aromatic carbocycles. The Kier molecular flexibility index (Phi) is 4.02. The average molecular weight is 360 g/mol. The Morgan fingerprint density at radius 1 is 1.19 bits per heavy atom. The summed E-state index contributed by atoms with van der Waals surface area (Å²) in [5, 5.41) is 12.2. The molecule has 0 atom stereocenters. The minimum absolute atomic E-state index is 0.0429. The van der Waals surface area contributed by atoms with Gasteiger partial charge in [0.2, 0.25) is 0 Å². The molecule has 2 heterocycles. The molecule has 0 aliphatic heterocycles. The molecule has 0 aliphatic rings. The highest BCUT2D eigenvalue weighted by Crippen LogP contribution is 2.32. The summed E-state index contributed by atoms with van der Waals surface area (Å²) in [6, 6.07) is 16.2. The molecule has 0 radical (unpaired) electrons. The zero-order valence-electron chi connectivity index (χ0n) is 14.4. The summed E-state index contributed by atoms with van der Waals surface area (Å²) >= 11 is 1.34. The smallest absolute Gasteiger partial charge is 0.270 e. The van der Waals surface area contributed by atoms with E-state index in [1.165, 1.54) is 17.3 Å². The molecule has 5 nitrogen and oxygen atoms in total. The van der Waals surface area contributed by atoms with Gasteiger partial charge in [-0.05, 0) is 31.4 Å². The number of thioether (sulfide) groups is 1. The number of nitrogens with one attached hydrogen (secondary N) is 1. The summed E-state index contributed by atoms with van der Waals surface area (Å²) in [7, 11) is 0. The van der Waals surface area contributed by atoms with Crippen LogP contribution >= 0.6 is 11.8 Å². The normalized spacial score (nSPS) is 11.1. The van der Waals surface area contributed by atoms with Crippen molar-refractivity contribution in [2.45, 2.75) is 18.6 Å². The van der Waals surface area contributed by atoms with Crippen LogP contribution in [0.15, 0.2) is 52.4 Å². The Hall–Kier alpha value is -3.04. The standard InChI is InChI=1S/C20H16N4OS/c1-3-24-16-7-5-4-6-13(16)14-10-12(8-9-17(14)24)18-15(11-21)19(25)23-20(22-18)26-2/h4-10H,3H2,1-2H3,(H,22,23,25). The first kappa shape index (κ1) is 16.4. The largest absolute Gasteiger partial charge is 0.341 e. The number of H-pyrrole nitrogens is 1. The zero-order chi connectivity index (χ0) is 18.3. The van der Waals surface area contributed by atoms with Gasteiger partial charge in [-0.25, -0.2) is 4.98 Å². The molecule has 0 unspecified atom stereocenters. The van der Waals surface area contributed by atoms with Gasteiger partial charge in [0, 0.05) is 33.9 Å². The molecule has 6 heteroatoms. The number of aryl methyl sites for hydroxylation is 1. The summed E-state index contributed by atoms with van der Waals surface area (Å²) in [6.45, 7) is 2.99. The monoisotopic (exact) mass is 360 g/mol. The van der Waals surface area contributed by atoms with Gasteiger partial charge < -0.3 is 9.55 Å². The molecule has 26 heavy (non-hydrogen) atoms. The van der Waals surface area contributed by atoms with Gasteiger partial charge in [0.15, 0.2) is 5.16 Å². The van der Waals surface area contributed by atoms with Crippen LogP contribution in [0.1, 0.15) is 12.5 Å². The third-order valence-electron chi connectivity index (χ3n) is 4.56. The molecule has 4 aromatic rings. The van der Waals surface area contributed by atoms with Crippen molar-refractivity contribution in [3.05, 3.63) is 58.4 Å². The zero-order valence-corrected chi connectivity index (χ0v) is 15.2. The summed E-state index contributed by atoms with van der Waals surface area (Å²) in [5.41, 5.74) is 3.14. The molecule has 2 aromatic heterocycles. The van der Waals surface area contributed by atoms with Crippen LogP contribution in [0.3, 0.4) is 0 Å². The van der Waals surface area contributed by atoms with E-state index in [1.54, 1.807) is 0 Å². The molecule has 0 aliphatic carbocycles. The van der Waals surface area contributed by atoms with Crippen LogP contribution in [0.4, 0.5) is 0 Å². The van der Waals surface area contributed by atoms with Gasteiger partial charge >= 0.3 is 0 Å². The molecule has 0 saturated heterocycles. The van der Waals surface area contributed by atoms with E-state index < -0.39 is 5.56 Å². The van der Waals surface area contributed by atoms with Crippen LogP contribution in [0.5, 0.6) is 0 Å². The SMILES string of the molecule is CCn1c2ccccc2c2cc(-c3nc(SC)[nH]c(=O)c3C#N)ccc21. The molecule has 1 N–H and O–H groups in total. The molecule has 0 spiro atoms. The first-order chi connectivity index (χ1) is 12.7. The fraction of sp³-hybridized carbons (Fsp3) is 0.150. The van der Waals surface area contributed by atoms with E-state index in [0.29, 0.717) is 10.9 Å². The van der Waals surface area contributed by atoms with Crippen molar-refractivity contribution in [3.8, 4) is 17.3 Å². The van der Waals surface area contributed by atoms with Crippen LogP contribution in [-0.4, -0.2) is 20.8 Å². The highest BCUT2D eigenvalue weighted by atomic mass is 32.2. The molecule has 0 saturated carbocycles. The van der Waals surface area contributed by atoms with Crippen molar-refractivity contribution in [1.82, 2.24) is 14.5 Å². The molecule has 4 rings (SSSR count). The third kappa shape index (κ3) is 2.40. The predicted octanol–water partition coefficient (Wildman–Crippen LogP) is 4.16. The van der Waals surface area contributed by atoms with E-state index in [-0.39, 0.29) is 5.56 Å². The lowest BCUT2D eigenvalue weighted by Gasteiger charge is -2.07. The maximum absolute atomic E-state index is 12.2. The van der Waals surface area contributed by atoms with Gasteiger partial charge in [0.25, 0.3) is 5.56 Å². The molecule has 0 fully saturated rings. The number of fused-ring (bicyclic) bond motifs is 3. The second kappa shape index (κ2) is 6.36. The summed E-state index contributed by atoms with van der Waals surface area (Å²) in [6.07, 6.45) is 1.84. The number of benzene rings is 2. The van der Waals surface area contributed by atoms with Gasteiger partial charge in [-0.15, -0.1) is 0 Å². The van der Waals surface area contributed by atoms with E-state index in [1.807, 2.05) is 42.7 Å². The quantitative estimate of drug-likeness (QED) is 0.440. The maximum Gasteiger partial charge on any atom is 0.270 e. The number of para-hydroxylation sites is 1. The predicted molar refractivity (Wildman–Crippen MR) is 105 cm³/mol. The minimum Gasteiger partial charge on any atom is -0.341 e. The summed E-state index contributed by atoms with van der Waals surface area (Å²) in [4.78, 5) is 19.3. The van der Waals surface area contributed by atoms with Crippen molar-refractivity contribution < 1.29 is 0 Å². The van der Waals surface area contributed by atoms with Crippen molar-refractivity contribution in [2.75, 3.05) is 6.26 Å². The molecular formula is C20H16N4OS. The number of hydrogen-bond donors (Lipinski definition) is 1. The van der Waals surface area contributed by atoms with Crippen LogP contribution in [-0.2, 0) is 6.54 Å². The Bertz CT molecular complexity index is 1250. The first-order valence-electron chi connectivity index (χ1n) is 8.27. The Morgan fingerprint density at radius 3 is 2.69 bits per heavy atom. The van der Waals surface area contributed by atoms with Crippen molar-refractivity contribution in [1.29, 1.82) is 5.26 Å². The first-order valence-corrected chi connectivity index (χ1v) is 9.50. The second-order valence-corrected chi connectivity index (χ2v) is 6.70. The number of aromatic nitrogens is 3. The van der Waals surface area contributed by atoms with Gasteiger partial charge in [-0.1, -0.05) is 36.0 Å². The molecular weight excluding hydrogens is 344 g/mol. The van der Waals surface area contributed by atoms with E-state index >= 15 is 0 Å². The molecule has 128 valence electrons. The van der Waals surface area contributed by atoms with Gasteiger partial charge in [-0.3, -0.25) is 4.79 Å². The van der Waals surface area contributed by atoms with Gasteiger partial charge in [0.05, 0.1) is 5.69 Å². The topological polar surface area (TPSA) is 74.5 Å². The van der Waals surface area contributed by atoms with Gasteiger partial charge in [0.1, 0.15) is 11.6 Å². The fourth-order valence-electron chi connectivity index (χ4n) is 3.40. The van der Waals surface area contributed by atoms with Gasteiger partial charge in [-0.2, -0.15) is 5.26 Å². The number of nitrogens with zero attached hydrogens (tertiary/aromatic N) is 3. The highest BCUT2D eigenvalue weighted by molar-refractivity contribution is 7.98. The lowest BCUT2D eigenvalue weighted by atomic mass is 10.0. The Morgan fingerprint density at radius 2 is 1.96 bits per heavy atom. The van der Waals surface area contributed by atoms with Crippen LogP contribution in [0, 0.1) is 11.3 Å². The van der Waals surface area contributed by atoms with E-state index in [9.17, 15) is 10.1 Å². The average Bonchev–Trinajstić information content (AvgIpc) is 3.00. The fourth-order valence-corrected chi connectivity index (χ4v) is 3.78.